The van der Waals surface area contributed by atoms with E-state index in [1.165, 1.54) is 82.8 Å². The smallest absolute Gasteiger partial charge is 0.0831 e. The van der Waals surface area contributed by atoms with Gasteiger partial charge in [-0.25, -0.2) is 0 Å². The van der Waals surface area contributed by atoms with Gasteiger partial charge >= 0.3 is 0 Å². The summed E-state index contributed by atoms with van der Waals surface area (Å²) in [5.74, 6) is 1.20. The fourth-order valence-electron chi connectivity index (χ4n) is 3.95. The number of unbranched alkanes of at least 4 members (excludes halogenated alkanes) is 10. The van der Waals surface area contributed by atoms with E-state index in [9.17, 15) is 4.91 Å². The minimum absolute atomic E-state index is 0.262. The van der Waals surface area contributed by atoms with Gasteiger partial charge in [-0.05, 0) is 44.4 Å². The van der Waals surface area contributed by atoms with Gasteiger partial charge in [0.25, 0.3) is 0 Å². The van der Waals surface area contributed by atoms with E-state index in [2.05, 4.69) is 39.8 Å². The van der Waals surface area contributed by atoms with Crippen LogP contribution in [0.15, 0.2) is 10.2 Å². The first kappa shape index (κ1) is 26.3. The third-order valence-corrected chi connectivity index (χ3v) is 5.54. The van der Waals surface area contributed by atoms with Crippen LogP contribution in [-0.4, -0.2) is 18.3 Å². The monoisotopic (exact) mass is 380 g/mol. The van der Waals surface area contributed by atoms with Crippen molar-refractivity contribution in [2.24, 2.45) is 22.0 Å². The van der Waals surface area contributed by atoms with Crippen LogP contribution in [0.25, 0.3) is 0 Å². The van der Waals surface area contributed by atoms with Gasteiger partial charge in [0.15, 0.2) is 0 Å². The molecular weight excluding hydrogens is 332 g/mol. The van der Waals surface area contributed by atoms with Crippen molar-refractivity contribution in [2.75, 3.05) is 6.54 Å². The molecular formula is C24H48N2O. The van der Waals surface area contributed by atoms with Crippen LogP contribution in [0.4, 0.5) is 0 Å². The van der Waals surface area contributed by atoms with Gasteiger partial charge in [-0.15, -0.1) is 0 Å². The summed E-state index contributed by atoms with van der Waals surface area (Å²) in [5.41, 5.74) is 1.26. The lowest BCUT2D eigenvalue weighted by Gasteiger charge is -2.22. The Hall–Kier alpha value is -0.730. The van der Waals surface area contributed by atoms with Gasteiger partial charge < -0.3 is 0 Å². The van der Waals surface area contributed by atoms with E-state index in [1.807, 2.05) is 0 Å². The second-order valence-electron chi connectivity index (χ2n) is 8.97. The van der Waals surface area contributed by atoms with E-state index < -0.39 is 0 Å². The Labute approximate surface area is 170 Å². The van der Waals surface area contributed by atoms with E-state index in [0.717, 1.165) is 12.8 Å². The number of nitrogens with zero attached hydrogens (tertiary/aromatic N) is 2. The third kappa shape index (κ3) is 17.1. The maximum absolute atomic E-state index is 10.5. The molecule has 0 amide bonds. The number of rotatable bonds is 19. The van der Waals surface area contributed by atoms with Gasteiger partial charge in [0, 0.05) is 5.71 Å². The van der Waals surface area contributed by atoms with Crippen LogP contribution >= 0.6 is 0 Å². The Bertz CT molecular complexity index is 365. The van der Waals surface area contributed by atoms with E-state index in [4.69, 9.17) is 4.99 Å². The first-order chi connectivity index (χ1) is 13.0. The zero-order valence-electron chi connectivity index (χ0n) is 19.1. The predicted octanol–water partition coefficient (Wildman–Crippen LogP) is 8.36. The molecule has 0 aliphatic carbocycles. The number of nitroso groups, excluding NO2 is 1. The van der Waals surface area contributed by atoms with Crippen molar-refractivity contribution in [1.82, 2.24) is 0 Å². The van der Waals surface area contributed by atoms with Crippen LogP contribution in [0.3, 0.4) is 0 Å². The summed E-state index contributed by atoms with van der Waals surface area (Å²) in [7, 11) is 0. The molecule has 0 heterocycles. The molecule has 0 spiro atoms. The van der Waals surface area contributed by atoms with Crippen LogP contribution in [0.2, 0.25) is 0 Å². The molecule has 0 N–H and O–H groups in total. The molecule has 0 fully saturated rings. The van der Waals surface area contributed by atoms with E-state index in [1.54, 1.807) is 0 Å². The molecule has 3 nitrogen and oxygen atoms in total. The second kappa shape index (κ2) is 18.6. The van der Waals surface area contributed by atoms with Gasteiger partial charge in [0.05, 0.1) is 12.6 Å². The normalized spacial score (nSPS) is 14.5. The van der Waals surface area contributed by atoms with Crippen LogP contribution < -0.4 is 0 Å². The molecule has 0 aliphatic rings. The molecule has 0 aliphatic heterocycles. The van der Waals surface area contributed by atoms with Crippen LogP contribution in [0.1, 0.15) is 125 Å². The average molecular weight is 381 g/mol. The van der Waals surface area contributed by atoms with Crippen molar-refractivity contribution in [3.63, 3.8) is 0 Å². The molecule has 0 aromatic rings. The molecule has 27 heavy (non-hydrogen) atoms. The maximum Gasteiger partial charge on any atom is 0.0831 e. The first-order valence-corrected chi connectivity index (χ1v) is 11.8. The molecule has 2 unspecified atom stereocenters. The average Bonchev–Trinajstić information content (AvgIpc) is 2.62. The van der Waals surface area contributed by atoms with Crippen molar-refractivity contribution in [3.05, 3.63) is 4.91 Å². The van der Waals surface area contributed by atoms with Crippen LogP contribution in [-0.2, 0) is 0 Å². The summed E-state index contributed by atoms with van der Waals surface area (Å²) in [6, 6.07) is 0.262. The largest absolute Gasteiger partial charge is 0.291 e. The molecule has 0 bridgehead atoms. The topological polar surface area (TPSA) is 41.8 Å². The molecule has 3 heteroatoms. The summed E-state index contributed by atoms with van der Waals surface area (Å²) < 4.78 is 0. The third-order valence-electron chi connectivity index (χ3n) is 5.54. The minimum Gasteiger partial charge on any atom is -0.291 e. The van der Waals surface area contributed by atoms with Crippen molar-refractivity contribution < 1.29 is 0 Å². The van der Waals surface area contributed by atoms with E-state index >= 15 is 0 Å². The molecule has 0 radical (unpaired) electrons. The number of hydrogen-bond donors (Lipinski definition) is 0. The summed E-state index contributed by atoms with van der Waals surface area (Å²) in [5, 5.41) is 3.06. The maximum atomic E-state index is 10.5. The Balaban J connectivity index is 3.91. The lowest BCUT2D eigenvalue weighted by molar-refractivity contribution is 0.362. The molecule has 0 aromatic heterocycles. The summed E-state index contributed by atoms with van der Waals surface area (Å²) >= 11 is 0. The van der Waals surface area contributed by atoms with Gasteiger partial charge in [-0.1, -0.05) is 97.1 Å². The fraction of sp³-hybridized carbons (Fsp3) is 0.958. The molecule has 0 aromatic carbocycles. The highest BCUT2D eigenvalue weighted by atomic mass is 16.3. The molecule has 0 rings (SSSR count). The van der Waals surface area contributed by atoms with Gasteiger partial charge in [0.1, 0.15) is 0 Å². The van der Waals surface area contributed by atoms with Gasteiger partial charge in [0.2, 0.25) is 0 Å². The van der Waals surface area contributed by atoms with Crippen molar-refractivity contribution in [3.8, 4) is 0 Å². The predicted molar refractivity (Wildman–Crippen MR) is 122 cm³/mol. The Kier molecular flexibility index (Phi) is 18.1. The minimum atomic E-state index is 0.262. The zero-order valence-corrected chi connectivity index (χ0v) is 19.1. The SMILES string of the molecule is CCCCCCCCCCCCCC(C)=NC(CCN=O)C(C)CC(C)C. The highest BCUT2D eigenvalue weighted by Gasteiger charge is 2.17. The van der Waals surface area contributed by atoms with Crippen LogP contribution in [0, 0.1) is 16.7 Å². The van der Waals surface area contributed by atoms with E-state index in [-0.39, 0.29) is 6.04 Å². The fourth-order valence-corrected chi connectivity index (χ4v) is 3.95. The quantitative estimate of drug-likeness (QED) is 0.126. The second-order valence-corrected chi connectivity index (χ2v) is 8.97. The van der Waals surface area contributed by atoms with Gasteiger partial charge in [-0.3, -0.25) is 4.99 Å². The molecule has 2 atom stereocenters. The van der Waals surface area contributed by atoms with E-state index in [0.29, 0.717) is 18.4 Å². The molecule has 0 saturated carbocycles. The van der Waals surface area contributed by atoms with Crippen molar-refractivity contribution in [1.29, 1.82) is 0 Å². The summed E-state index contributed by atoms with van der Waals surface area (Å²) in [6.07, 6.45) is 18.3. The lowest BCUT2D eigenvalue weighted by Crippen LogP contribution is -2.20. The summed E-state index contributed by atoms with van der Waals surface area (Å²) in [6.45, 7) is 11.6. The zero-order chi connectivity index (χ0) is 20.3. The molecule has 0 saturated heterocycles. The number of aliphatic imine (C=N–C) groups is 1. The van der Waals surface area contributed by atoms with Crippen LogP contribution in [0.5, 0.6) is 0 Å². The first-order valence-electron chi connectivity index (χ1n) is 11.8. The highest BCUT2D eigenvalue weighted by Crippen LogP contribution is 2.21. The lowest BCUT2D eigenvalue weighted by atomic mass is 9.90. The molecule has 160 valence electrons. The standard InChI is InChI=1S/C24H48N2O/c1-6-7-8-9-10-11-12-13-14-15-16-17-23(5)26-24(18-19-25-27)22(4)20-21(2)3/h21-22,24H,6-20H2,1-5H3. The highest BCUT2D eigenvalue weighted by molar-refractivity contribution is 5.82. The van der Waals surface area contributed by atoms with Crippen molar-refractivity contribution >= 4 is 5.71 Å². The Morgan fingerprint density at radius 2 is 1.33 bits per heavy atom. The number of hydrogen-bond acceptors (Lipinski definition) is 3. The summed E-state index contributed by atoms with van der Waals surface area (Å²) in [4.78, 5) is 15.5. The van der Waals surface area contributed by atoms with Gasteiger partial charge in [-0.2, -0.15) is 4.91 Å². The Morgan fingerprint density at radius 1 is 0.815 bits per heavy atom. The van der Waals surface area contributed by atoms with Crippen molar-refractivity contribution in [2.45, 2.75) is 131 Å². The Morgan fingerprint density at radius 3 is 1.81 bits per heavy atom.